The molecule has 0 spiro atoms. The molecule has 3 aromatic rings. The van der Waals surface area contributed by atoms with Gasteiger partial charge in [0.25, 0.3) is 11.8 Å². The second-order valence-corrected chi connectivity index (χ2v) is 16.5. The first-order valence-electron chi connectivity index (χ1n) is 17.8. The Morgan fingerprint density at radius 2 is 1.63 bits per heavy atom. The molecule has 12 nitrogen and oxygen atoms in total. The van der Waals surface area contributed by atoms with Gasteiger partial charge in [-0.1, -0.05) is 61.9 Å². The summed E-state index contributed by atoms with van der Waals surface area (Å²) >= 11 is 0. The molecule has 1 saturated heterocycles. The van der Waals surface area contributed by atoms with E-state index in [1.165, 1.54) is 45.4 Å². The van der Waals surface area contributed by atoms with E-state index >= 15 is 8.78 Å². The monoisotopic (exact) mass is 822 g/mol. The third kappa shape index (κ3) is 11.6. The van der Waals surface area contributed by atoms with E-state index in [9.17, 15) is 45.6 Å². The Kier molecular flexibility index (Phi) is 14.3. The lowest BCUT2D eigenvalue weighted by molar-refractivity contribution is -0.167. The molecule has 3 amide bonds. The minimum Gasteiger partial charge on any atom is -0.497 e. The number of aryl methyl sites for hydroxylation is 1. The maximum absolute atomic E-state index is 15.1. The second kappa shape index (κ2) is 18.3. The smallest absolute Gasteiger partial charge is 0.405 e. The van der Waals surface area contributed by atoms with Gasteiger partial charge in [-0.2, -0.15) is 22.0 Å². The Morgan fingerprint density at radius 3 is 2.21 bits per heavy atom. The predicted octanol–water partition coefficient (Wildman–Crippen LogP) is 4.44. The van der Waals surface area contributed by atoms with Crippen molar-refractivity contribution in [3.8, 4) is 5.75 Å². The molecule has 2 N–H and O–H groups in total. The number of ketones is 2. The number of halogens is 5. The number of sulfone groups is 1. The molecule has 308 valence electrons. The van der Waals surface area contributed by atoms with Crippen LogP contribution in [0.15, 0.2) is 72.9 Å². The Bertz CT molecular complexity index is 2050. The Labute approximate surface area is 326 Å². The molecular weight excluding hydrogens is 780 g/mol. The number of methoxy groups -OCH3 is 1. The molecule has 1 fully saturated rings. The van der Waals surface area contributed by atoms with Gasteiger partial charge < -0.3 is 20.3 Å². The summed E-state index contributed by atoms with van der Waals surface area (Å²) in [6.07, 6.45) is -5.34. The topological polar surface area (TPSA) is 169 Å². The van der Waals surface area contributed by atoms with Crippen molar-refractivity contribution in [2.24, 2.45) is 11.8 Å². The first-order chi connectivity index (χ1) is 26.6. The molecule has 1 aliphatic rings. The summed E-state index contributed by atoms with van der Waals surface area (Å²) < 4.78 is 101. The van der Waals surface area contributed by atoms with Gasteiger partial charge >= 0.3 is 12.1 Å². The van der Waals surface area contributed by atoms with Crippen LogP contribution in [0.5, 0.6) is 5.75 Å². The number of pyridine rings is 1. The summed E-state index contributed by atoms with van der Waals surface area (Å²) in [6, 6.07) is 14.6. The molecule has 18 heteroatoms. The standard InChI is InChI=1S/C39H43F5N4O8S/c1-23(2)29(34(50)39(43,44)37(53)46-22-38(40,41)42)19-33(49)32-18-28(57(54,55)21-25-11-13-27(56-4)14-12-25)20-48(32)36(52)31(17-26-9-7-8-24(3)16-26)47-35(51)30-10-5-6-15-45-30/h5-16,23,28-29,31-32H,17-22H2,1-4H3,(H,46,53)(H,47,51)/t28-,29+,31+,32+/m1/s1. The first-order valence-corrected chi connectivity index (χ1v) is 19.6. The first kappa shape index (κ1) is 44.5. The van der Waals surface area contributed by atoms with E-state index in [-0.39, 0.29) is 12.1 Å². The van der Waals surface area contributed by atoms with E-state index in [1.807, 2.05) is 0 Å². The van der Waals surface area contributed by atoms with Crippen LogP contribution in [0.3, 0.4) is 0 Å². The summed E-state index contributed by atoms with van der Waals surface area (Å²) in [7, 11) is -2.72. The van der Waals surface area contributed by atoms with E-state index in [1.54, 1.807) is 55.5 Å². The highest BCUT2D eigenvalue weighted by molar-refractivity contribution is 7.91. The molecule has 0 radical (unpaired) electrons. The van der Waals surface area contributed by atoms with Crippen LogP contribution in [0.2, 0.25) is 0 Å². The van der Waals surface area contributed by atoms with Crippen molar-refractivity contribution < 1.29 is 59.1 Å². The molecule has 0 bridgehead atoms. The number of amides is 3. The van der Waals surface area contributed by atoms with Gasteiger partial charge in [-0.3, -0.25) is 29.0 Å². The Morgan fingerprint density at radius 1 is 0.947 bits per heavy atom. The van der Waals surface area contributed by atoms with Crippen molar-refractivity contribution in [2.75, 3.05) is 20.2 Å². The molecule has 0 unspecified atom stereocenters. The van der Waals surface area contributed by atoms with Gasteiger partial charge in [0.2, 0.25) is 11.7 Å². The largest absolute Gasteiger partial charge is 0.497 e. The lowest BCUT2D eigenvalue weighted by Crippen LogP contribution is -2.54. The van der Waals surface area contributed by atoms with Crippen LogP contribution in [0.4, 0.5) is 22.0 Å². The van der Waals surface area contributed by atoms with Crippen molar-refractivity contribution in [3.05, 3.63) is 95.3 Å². The van der Waals surface area contributed by atoms with Crippen molar-refractivity contribution >= 4 is 39.1 Å². The van der Waals surface area contributed by atoms with Crippen molar-refractivity contribution in [2.45, 2.75) is 75.2 Å². The number of rotatable bonds is 17. The van der Waals surface area contributed by atoms with Crippen molar-refractivity contribution in [1.82, 2.24) is 20.5 Å². The van der Waals surface area contributed by atoms with Gasteiger partial charge in [0.15, 0.2) is 15.6 Å². The Balaban J connectivity index is 1.70. The molecule has 2 heterocycles. The number of nitrogens with one attached hydrogen (secondary N) is 2. The number of hydrogen-bond donors (Lipinski definition) is 2. The SMILES string of the molecule is COc1ccc(CS(=O)(=O)[C@@H]2C[C@@H](C(=O)C[C@H](C(=O)C(F)(F)C(=O)NCC(F)(F)F)C(C)C)N(C(=O)[C@H](Cc3cccc(C)c3)NC(=O)c3ccccn3)C2)cc1. The summed E-state index contributed by atoms with van der Waals surface area (Å²) in [5.41, 5.74) is 1.73. The number of aromatic nitrogens is 1. The number of Topliss-reactive ketones (excluding diaryl/α,β-unsaturated/α-hetero) is 2. The van der Waals surface area contributed by atoms with Crippen LogP contribution in [0.25, 0.3) is 0 Å². The van der Waals surface area contributed by atoms with Crippen LogP contribution in [-0.4, -0.2) is 97.2 Å². The van der Waals surface area contributed by atoms with Gasteiger partial charge in [-0.25, -0.2) is 8.42 Å². The third-order valence-corrected chi connectivity index (χ3v) is 11.7. The van der Waals surface area contributed by atoms with Gasteiger partial charge in [-0.15, -0.1) is 0 Å². The van der Waals surface area contributed by atoms with E-state index in [0.717, 1.165) is 15.8 Å². The molecule has 4 rings (SSSR count). The van der Waals surface area contributed by atoms with Gasteiger partial charge in [0.1, 0.15) is 24.0 Å². The van der Waals surface area contributed by atoms with Gasteiger partial charge in [0, 0.05) is 31.5 Å². The molecule has 4 atom stereocenters. The highest BCUT2D eigenvalue weighted by Gasteiger charge is 2.53. The third-order valence-electron chi connectivity index (χ3n) is 9.58. The zero-order valence-electron chi connectivity index (χ0n) is 31.5. The molecule has 57 heavy (non-hydrogen) atoms. The fraction of sp³-hybridized carbons (Fsp3) is 0.436. The fourth-order valence-corrected chi connectivity index (χ4v) is 8.26. The molecule has 2 aromatic carbocycles. The maximum atomic E-state index is 15.1. The molecule has 1 aliphatic heterocycles. The van der Waals surface area contributed by atoms with Crippen LogP contribution in [-0.2, 0) is 41.2 Å². The number of benzene rings is 2. The molecule has 0 saturated carbocycles. The van der Waals surface area contributed by atoms with E-state index in [2.05, 4.69) is 10.3 Å². The number of carbonyl (C=O) groups excluding carboxylic acids is 5. The second-order valence-electron chi connectivity index (χ2n) is 14.2. The lowest BCUT2D eigenvalue weighted by atomic mass is 9.82. The molecule has 1 aromatic heterocycles. The number of hydrogen-bond acceptors (Lipinski definition) is 9. The normalized spacial score (nSPS) is 17.1. The number of alkyl halides is 5. The summed E-state index contributed by atoms with van der Waals surface area (Å²) in [6.45, 7) is 1.69. The van der Waals surface area contributed by atoms with Crippen LogP contribution < -0.4 is 15.4 Å². The molecule has 0 aliphatic carbocycles. The van der Waals surface area contributed by atoms with E-state index < -0.39 is 112 Å². The maximum Gasteiger partial charge on any atom is 0.405 e. The van der Waals surface area contributed by atoms with Crippen molar-refractivity contribution in [1.29, 1.82) is 0 Å². The van der Waals surface area contributed by atoms with E-state index in [4.69, 9.17) is 4.74 Å². The summed E-state index contributed by atoms with van der Waals surface area (Å²) in [4.78, 5) is 72.3. The zero-order chi connectivity index (χ0) is 42.3. The quantitative estimate of drug-likeness (QED) is 0.148. The Hall–Kier alpha value is -5.26. The average Bonchev–Trinajstić information content (AvgIpc) is 3.62. The summed E-state index contributed by atoms with van der Waals surface area (Å²) in [5.74, 6) is -15.3. The number of carbonyl (C=O) groups is 5. The number of ether oxygens (including phenoxy) is 1. The predicted molar refractivity (Wildman–Crippen MR) is 197 cm³/mol. The lowest BCUT2D eigenvalue weighted by Gasteiger charge is -2.30. The van der Waals surface area contributed by atoms with Crippen LogP contribution in [0.1, 0.15) is 53.9 Å². The molecular formula is C39H43F5N4O8S. The van der Waals surface area contributed by atoms with Crippen LogP contribution in [0, 0.1) is 18.8 Å². The summed E-state index contributed by atoms with van der Waals surface area (Å²) in [5, 5.41) is 2.26. The van der Waals surface area contributed by atoms with Crippen LogP contribution >= 0.6 is 0 Å². The van der Waals surface area contributed by atoms with E-state index in [0.29, 0.717) is 16.9 Å². The zero-order valence-corrected chi connectivity index (χ0v) is 32.3. The highest BCUT2D eigenvalue weighted by Crippen LogP contribution is 2.33. The number of likely N-dealkylation sites (tertiary alicyclic amines) is 1. The minimum atomic E-state index is -5.06. The average molecular weight is 823 g/mol. The highest BCUT2D eigenvalue weighted by atomic mass is 32.2. The van der Waals surface area contributed by atoms with Gasteiger partial charge in [0.05, 0.1) is 24.2 Å². The minimum absolute atomic E-state index is 0.0491. The van der Waals surface area contributed by atoms with Crippen molar-refractivity contribution in [3.63, 3.8) is 0 Å². The number of nitrogens with zero attached hydrogens (tertiary/aromatic N) is 2. The van der Waals surface area contributed by atoms with Gasteiger partial charge in [-0.05, 0) is 54.7 Å². The fourth-order valence-electron chi connectivity index (χ4n) is 6.50.